The Morgan fingerprint density at radius 1 is 1.15 bits per heavy atom. The summed E-state index contributed by atoms with van der Waals surface area (Å²) in [6.45, 7) is 5.55. The molecule has 0 saturated carbocycles. The van der Waals surface area contributed by atoms with Gasteiger partial charge in [-0.15, -0.1) is 11.8 Å². The lowest BCUT2D eigenvalue weighted by Crippen LogP contribution is -2.45. The number of aryl methyl sites for hydroxylation is 1. The molecule has 140 valence electrons. The first kappa shape index (κ1) is 20.3. The number of amides is 1. The van der Waals surface area contributed by atoms with Crippen LogP contribution in [0, 0.1) is 6.92 Å². The summed E-state index contributed by atoms with van der Waals surface area (Å²) in [6.07, 6.45) is 1.11. The number of nitrogens with zero attached hydrogens (tertiary/aromatic N) is 1. The van der Waals surface area contributed by atoms with Crippen LogP contribution in [0.25, 0.3) is 0 Å². The van der Waals surface area contributed by atoms with Gasteiger partial charge in [0.15, 0.2) is 0 Å². The fourth-order valence-corrected chi connectivity index (χ4v) is 4.52. The van der Waals surface area contributed by atoms with Gasteiger partial charge in [0, 0.05) is 4.90 Å². The van der Waals surface area contributed by atoms with Crippen molar-refractivity contribution in [3.63, 3.8) is 0 Å². The summed E-state index contributed by atoms with van der Waals surface area (Å²) < 4.78 is 25.8. The van der Waals surface area contributed by atoms with E-state index in [0.29, 0.717) is 11.4 Å². The normalized spacial score (nSPS) is 12.5. The lowest BCUT2D eigenvalue weighted by Gasteiger charge is -2.28. The van der Waals surface area contributed by atoms with Gasteiger partial charge < -0.3 is 5.32 Å². The summed E-state index contributed by atoms with van der Waals surface area (Å²) >= 11 is 1.62. The zero-order chi connectivity index (χ0) is 19.3. The van der Waals surface area contributed by atoms with Crippen LogP contribution in [0.1, 0.15) is 19.4 Å². The first-order chi connectivity index (χ1) is 12.2. The van der Waals surface area contributed by atoms with E-state index in [4.69, 9.17) is 0 Å². The Kier molecular flexibility index (Phi) is 6.72. The van der Waals surface area contributed by atoms with E-state index in [9.17, 15) is 13.2 Å². The van der Waals surface area contributed by atoms with Gasteiger partial charge in [-0.2, -0.15) is 0 Å². The number of hydrogen-bond donors (Lipinski definition) is 1. The molecule has 1 amide bonds. The number of anilines is 2. The van der Waals surface area contributed by atoms with Gasteiger partial charge >= 0.3 is 0 Å². The Morgan fingerprint density at radius 3 is 2.35 bits per heavy atom. The number of para-hydroxylation sites is 1. The van der Waals surface area contributed by atoms with Crippen LogP contribution < -0.4 is 9.62 Å². The molecular weight excluding hydrogens is 368 g/mol. The molecule has 26 heavy (non-hydrogen) atoms. The highest BCUT2D eigenvalue weighted by Gasteiger charge is 2.29. The Morgan fingerprint density at radius 2 is 1.77 bits per heavy atom. The number of carbonyl (C=O) groups is 1. The molecule has 0 aliphatic rings. The summed E-state index contributed by atoms with van der Waals surface area (Å²) in [5.41, 5.74) is 2.18. The molecule has 7 heteroatoms. The summed E-state index contributed by atoms with van der Waals surface area (Å²) in [4.78, 5) is 13.7. The number of nitrogens with one attached hydrogen (secondary N) is 1. The average Bonchev–Trinajstić information content (AvgIpc) is 2.57. The largest absolute Gasteiger partial charge is 0.323 e. The second-order valence-electron chi connectivity index (χ2n) is 5.99. The van der Waals surface area contributed by atoms with E-state index in [-0.39, 0.29) is 5.91 Å². The standard InChI is InChI=1S/C19H24N2O3S2/c1-5-25-18-9-7-6-8-17(18)20-19(22)15(3)21(26(4,23)24)16-12-10-14(2)11-13-16/h6-13,15H,5H2,1-4H3,(H,20,22)/t15-/m0/s1. The molecule has 0 aromatic heterocycles. The zero-order valence-corrected chi connectivity index (χ0v) is 17.0. The van der Waals surface area contributed by atoms with Gasteiger partial charge in [0.05, 0.1) is 17.6 Å². The third kappa shape index (κ3) is 5.02. The van der Waals surface area contributed by atoms with E-state index in [1.54, 1.807) is 30.8 Å². The molecule has 0 spiro atoms. The van der Waals surface area contributed by atoms with Crippen molar-refractivity contribution in [2.75, 3.05) is 21.6 Å². The van der Waals surface area contributed by atoms with Crippen LogP contribution in [-0.4, -0.2) is 32.4 Å². The number of rotatable bonds is 7. The van der Waals surface area contributed by atoms with Crippen molar-refractivity contribution in [3.8, 4) is 0 Å². The number of carbonyl (C=O) groups excluding carboxylic acids is 1. The summed E-state index contributed by atoms with van der Waals surface area (Å²) in [7, 11) is -3.62. The van der Waals surface area contributed by atoms with Crippen LogP contribution in [0.15, 0.2) is 53.4 Å². The van der Waals surface area contributed by atoms with Crippen molar-refractivity contribution in [2.24, 2.45) is 0 Å². The monoisotopic (exact) mass is 392 g/mol. The third-order valence-corrected chi connectivity index (χ3v) is 6.02. The van der Waals surface area contributed by atoms with E-state index in [1.165, 1.54) is 0 Å². The summed E-state index contributed by atoms with van der Waals surface area (Å²) in [5, 5.41) is 2.86. The van der Waals surface area contributed by atoms with Gasteiger partial charge in [-0.1, -0.05) is 36.8 Å². The molecule has 1 N–H and O–H groups in total. The van der Waals surface area contributed by atoms with Crippen LogP contribution in [0.4, 0.5) is 11.4 Å². The molecule has 0 fully saturated rings. The number of thioether (sulfide) groups is 1. The van der Waals surface area contributed by atoms with Crippen molar-refractivity contribution in [2.45, 2.75) is 31.7 Å². The fourth-order valence-electron chi connectivity index (χ4n) is 2.59. The van der Waals surface area contributed by atoms with Crippen LogP contribution >= 0.6 is 11.8 Å². The SMILES string of the molecule is CCSc1ccccc1NC(=O)[C@H](C)N(c1ccc(C)cc1)S(C)(=O)=O. The molecule has 1 atom stereocenters. The quantitative estimate of drug-likeness (QED) is 0.726. The van der Waals surface area contributed by atoms with Crippen LogP contribution in [0.2, 0.25) is 0 Å². The van der Waals surface area contributed by atoms with E-state index < -0.39 is 16.1 Å². The third-order valence-electron chi connectivity index (χ3n) is 3.82. The van der Waals surface area contributed by atoms with E-state index in [0.717, 1.165) is 26.8 Å². The lowest BCUT2D eigenvalue weighted by molar-refractivity contribution is -0.116. The van der Waals surface area contributed by atoms with Gasteiger partial charge in [0.1, 0.15) is 6.04 Å². The van der Waals surface area contributed by atoms with Gasteiger partial charge in [0.25, 0.3) is 0 Å². The molecule has 0 unspecified atom stereocenters. The average molecular weight is 393 g/mol. The maximum absolute atomic E-state index is 12.8. The number of benzene rings is 2. The highest BCUT2D eigenvalue weighted by molar-refractivity contribution is 7.99. The lowest BCUT2D eigenvalue weighted by atomic mass is 10.2. The minimum absolute atomic E-state index is 0.375. The smallest absolute Gasteiger partial charge is 0.248 e. The molecule has 0 heterocycles. The molecule has 2 rings (SSSR count). The highest BCUT2D eigenvalue weighted by Crippen LogP contribution is 2.28. The molecule has 5 nitrogen and oxygen atoms in total. The van der Waals surface area contributed by atoms with Crippen molar-refractivity contribution < 1.29 is 13.2 Å². The van der Waals surface area contributed by atoms with E-state index in [2.05, 4.69) is 5.32 Å². The van der Waals surface area contributed by atoms with Crippen molar-refractivity contribution in [3.05, 3.63) is 54.1 Å². The molecule has 2 aromatic rings. The molecule has 2 aromatic carbocycles. The predicted octanol–water partition coefficient (Wildman–Crippen LogP) is 3.90. The van der Waals surface area contributed by atoms with Crippen LogP contribution in [0.5, 0.6) is 0 Å². The Labute approximate surface area is 159 Å². The Hall–Kier alpha value is -1.99. The Bertz CT molecular complexity index is 865. The van der Waals surface area contributed by atoms with Crippen LogP contribution in [0.3, 0.4) is 0 Å². The van der Waals surface area contributed by atoms with Gasteiger partial charge in [-0.25, -0.2) is 8.42 Å². The second-order valence-corrected chi connectivity index (χ2v) is 9.15. The Balaban J connectivity index is 2.30. The summed E-state index contributed by atoms with van der Waals surface area (Å²) in [6, 6.07) is 13.7. The zero-order valence-electron chi connectivity index (χ0n) is 15.4. The molecular formula is C19H24N2O3S2. The topological polar surface area (TPSA) is 66.5 Å². The first-order valence-corrected chi connectivity index (χ1v) is 11.2. The second kappa shape index (κ2) is 8.60. The maximum atomic E-state index is 12.8. The van der Waals surface area contributed by atoms with Gasteiger partial charge in [-0.05, 0) is 43.9 Å². The van der Waals surface area contributed by atoms with Crippen molar-refractivity contribution in [1.82, 2.24) is 0 Å². The van der Waals surface area contributed by atoms with E-state index >= 15 is 0 Å². The first-order valence-electron chi connectivity index (χ1n) is 8.32. The molecule has 0 aliphatic carbocycles. The minimum Gasteiger partial charge on any atom is -0.323 e. The molecule has 0 saturated heterocycles. The minimum atomic E-state index is -3.62. The van der Waals surface area contributed by atoms with Gasteiger partial charge in [0.2, 0.25) is 15.9 Å². The fraction of sp³-hybridized carbons (Fsp3) is 0.316. The predicted molar refractivity (Wildman–Crippen MR) is 109 cm³/mol. The maximum Gasteiger partial charge on any atom is 0.248 e. The number of hydrogen-bond acceptors (Lipinski definition) is 4. The van der Waals surface area contributed by atoms with Crippen molar-refractivity contribution in [1.29, 1.82) is 0 Å². The van der Waals surface area contributed by atoms with E-state index in [1.807, 2.05) is 50.2 Å². The summed E-state index contributed by atoms with van der Waals surface area (Å²) in [5.74, 6) is 0.501. The van der Waals surface area contributed by atoms with Crippen molar-refractivity contribution >= 4 is 39.1 Å². The number of sulfonamides is 1. The molecule has 0 aliphatic heterocycles. The molecule has 0 radical (unpaired) electrons. The molecule has 0 bridgehead atoms. The van der Waals surface area contributed by atoms with Crippen LogP contribution in [-0.2, 0) is 14.8 Å². The highest BCUT2D eigenvalue weighted by atomic mass is 32.2. The van der Waals surface area contributed by atoms with Gasteiger partial charge in [-0.3, -0.25) is 9.10 Å².